The van der Waals surface area contributed by atoms with Gasteiger partial charge in [-0.1, -0.05) is 130 Å². The number of nitrogens with zero attached hydrogens (tertiary/aromatic N) is 3. The highest BCUT2D eigenvalue weighted by Crippen LogP contribution is 2.53. The van der Waals surface area contributed by atoms with Gasteiger partial charge in [-0.3, -0.25) is 4.57 Å². The van der Waals surface area contributed by atoms with Crippen LogP contribution in [0.5, 0.6) is 0 Å². The molecule has 0 saturated heterocycles. The molecule has 43 heavy (non-hydrogen) atoms. The van der Waals surface area contributed by atoms with Crippen LogP contribution in [0, 0.1) is 0 Å². The maximum Gasteiger partial charge on any atom is 0.161 e. The van der Waals surface area contributed by atoms with E-state index in [0.717, 1.165) is 17.2 Å². The summed E-state index contributed by atoms with van der Waals surface area (Å²) >= 11 is 0. The third-order valence-corrected chi connectivity index (χ3v) is 13.3. The van der Waals surface area contributed by atoms with Gasteiger partial charge in [0.05, 0.1) is 11.0 Å². The first-order valence-corrected chi connectivity index (χ1v) is 18.1. The van der Waals surface area contributed by atoms with E-state index in [1.807, 2.05) is 0 Å². The fourth-order valence-corrected chi connectivity index (χ4v) is 10.8. The van der Waals surface area contributed by atoms with Gasteiger partial charge in [0.2, 0.25) is 0 Å². The van der Waals surface area contributed by atoms with Crippen molar-refractivity contribution in [3.63, 3.8) is 0 Å². The van der Waals surface area contributed by atoms with E-state index >= 15 is 0 Å². The molecule has 4 heteroatoms. The summed E-state index contributed by atoms with van der Waals surface area (Å²) in [6, 6.07) is 41.9. The molecule has 0 fully saturated rings. The first kappa shape index (κ1) is 24.8. The molecule has 5 aromatic carbocycles. The Hall–Kier alpha value is -4.80. The van der Waals surface area contributed by atoms with Crippen molar-refractivity contribution in [1.82, 2.24) is 14.5 Å². The summed E-state index contributed by atoms with van der Waals surface area (Å²) in [7, 11) is -2.07. The van der Waals surface area contributed by atoms with Crippen LogP contribution >= 0.6 is 0 Å². The first-order chi connectivity index (χ1) is 20.9. The van der Waals surface area contributed by atoms with Gasteiger partial charge in [0, 0.05) is 32.6 Å². The number of benzene rings is 5. The minimum atomic E-state index is -2.07. The predicted octanol–water partition coefficient (Wildman–Crippen LogP) is 8.35. The maximum atomic E-state index is 5.46. The summed E-state index contributed by atoms with van der Waals surface area (Å²) < 4.78 is 2.43. The molecule has 9 rings (SSSR count). The van der Waals surface area contributed by atoms with Crippen LogP contribution in [-0.2, 0) is 5.41 Å². The maximum absolute atomic E-state index is 5.46. The van der Waals surface area contributed by atoms with Crippen LogP contribution in [-0.4, -0.2) is 22.6 Å². The highest BCUT2D eigenvalue weighted by atomic mass is 28.3. The fourth-order valence-electron chi connectivity index (χ4n) is 7.88. The van der Waals surface area contributed by atoms with Crippen molar-refractivity contribution in [3.05, 3.63) is 126 Å². The van der Waals surface area contributed by atoms with Crippen LogP contribution in [0.25, 0.3) is 61.3 Å². The van der Waals surface area contributed by atoms with Crippen molar-refractivity contribution in [3.8, 4) is 39.5 Å². The Bertz CT molecular complexity index is 2290. The van der Waals surface area contributed by atoms with Gasteiger partial charge in [-0.15, -0.1) is 0 Å². The number of para-hydroxylation sites is 1. The Labute approximate surface area is 252 Å². The molecule has 0 bridgehead atoms. The van der Waals surface area contributed by atoms with Gasteiger partial charge in [-0.05, 0) is 45.1 Å². The molecule has 0 spiro atoms. The van der Waals surface area contributed by atoms with Crippen LogP contribution in [0.4, 0.5) is 0 Å². The smallest absolute Gasteiger partial charge is 0.161 e. The molecule has 2 aliphatic rings. The largest absolute Gasteiger partial charge is 0.293 e. The van der Waals surface area contributed by atoms with E-state index in [4.69, 9.17) is 9.97 Å². The van der Waals surface area contributed by atoms with E-state index in [0.29, 0.717) is 0 Å². The van der Waals surface area contributed by atoms with E-state index in [-0.39, 0.29) is 5.41 Å². The zero-order valence-corrected chi connectivity index (χ0v) is 25.8. The second-order valence-corrected chi connectivity index (χ2v) is 17.3. The van der Waals surface area contributed by atoms with Gasteiger partial charge in [0.25, 0.3) is 0 Å². The van der Waals surface area contributed by atoms with Gasteiger partial charge >= 0.3 is 0 Å². The molecule has 0 amide bonds. The Balaban J connectivity index is 1.47. The summed E-state index contributed by atoms with van der Waals surface area (Å²) in [6.45, 7) is 9.58. The molecule has 7 aromatic rings. The number of hydrogen-bond donors (Lipinski definition) is 0. The van der Waals surface area contributed by atoms with Gasteiger partial charge in [0.15, 0.2) is 5.82 Å². The summed E-state index contributed by atoms with van der Waals surface area (Å²) in [5, 5.41) is 5.22. The number of fused-ring (bicyclic) bond motifs is 10. The van der Waals surface area contributed by atoms with Crippen LogP contribution in [0.2, 0.25) is 13.1 Å². The minimum absolute atomic E-state index is 0.0610. The summed E-state index contributed by atoms with van der Waals surface area (Å²) in [5.74, 6) is 1.77. The minimum Gasteiger partial charge on any atom is -0.293 e. The molecule has 0 saturated carbocycles. The Morgan fingerprint density at radius 1 is 0.605 bits per heavy atom. The molecule has 3 nitrogen and oxygen atoms in total. The lowest BCUT2D eigenvalue weighted by Gasteiger charge is -2.21. The Kier molecular flexibility index (Phi) is 4.83. The van der Waals surface area contributed by atoms with Gasteiger partial charge in [0.1, 0.15) is 13.9 Å². The molecular formula is C39H31N3Si. The zero-order valence-electron chi connectivity index (χ0n) is 24.8. The lowest BCUT2D eigenvalue weighted by molar-refractivity contribution is 0.661. The lowest BCUT2D eigenvalue weighted by Crippen LogP contribution is -2.51. The zero-order chi connectivity index (χ0) is 29.1. The molecule has 0 N–H and O–H groups in total. The molecule has 3 heterocycles. The number of hydrogen-bond acceptors (Lipinski definition) is 2. The molecule has 206 valence electrons. The summed E-state index contributed by atoms with van der Waals surface area (Å²) in [4.78, 5) is 10.8. The van der Waals surface area contributed by atoms with E-state index in [1.54, 1.807) is 0 Å². The van der Waals surface area contributed by atoms with E-state index in [1.165, 1.54) is 65.7 Å². The van der Waals surface area contributed by atoms with Gasteiger partial charge in [-0.2, -0.15) is 0 Å². The monoisotopic (exact) mass is 569 g/mol. The molecule has 2 aromatic heterocycles. The number of rotatable bonds is 2. The van der Waals surface area contributed by atoms with E-state index in [2.05, 4.69) is 147 Å². The standard InChI is InChI=1S/C39H31N3Si/c1-39(2)28-19-11-8-16-25(28)33-29(39)22-23-31-34(33)26-17-9-12-20-30(26)42(31)37-35-27-18-10-13-21-32(27)43(3,4)38(35)41-36(40-37)24-14-6-5-7-15-24/h5-23H,1-4H3. The number of aromatic nitrogens is 3. The highest BCUT2D eigenvalue weighted by molar-refractivity contribution is 7.03. The molecule has 1 aliphatic carbocycles. The Morgan fingerprint density at radius 2 is 1.30 bits per heavy atom. The summed E-state index contributed by atoms with van der Waals surface area (Å²) in [6.07, 6.45) is 0. The predicted molar refractivity (Wildman–Crippen MR) is 182 cm³/mol. The van der Waals surface area contributed by atoms with Crippen LogP contribution in [0.15, 0.2) is 115 Å². The van der Waals surface area contributed by atoms with Crippen LogP contribution < -0.4 is 10.5 Å². The highest BCUT2D eigenvalue weighted by Gasteiger charge is 2.42. The van der Waals surface area contributed by atoms with Crippen LogP contribution in [0.1, 0.15) is 25.0 Å². The van der Waals surface area contributed by atoms with Gasteiger partial charge < -0.3 is 0 Å². The normalized spacial score (nSPS) is 15.3. The van der Waals surface area contributed by atoms with Crippen LogP contribution in [0.3, 0.4) is 0 Å². The second kappa shape index (κ2) is 8.39. The third kappa shape index (κ3) is 3.14. The lowest BCUT2D eigenvalue weighted by atomic mass is 9.82. The summed E-state index contributed by atoms with van der Waals surface area (Å²) in [5.41, 5.74) is 11.3. The fraction of sp³-hybridized carbons (Fsp3) is 0.128. The quantitative estimate of drug-likeness (QED) is 0.196. The SMILES string of the molecule is CC1(C)c2ccccc2-c2c1ccc1c2c2ccccc2n1-c1nc(-c2ccccc2)nc2c1-c1ccccc1[Si]2(C)C. The van der Waals surface area contributed by atoms with Crippen molar-refractivity contribution < 1.29 is 0 Å². The van der Waals surface area contributed by atoms with Crippen molar-refractivity contribution in [2.24, 2.45) is 0 Å². The molecule has 0 unspecified atom stereocenters. The van der Waals surface area contributed by atoms with Crippen molar-refractivity contribution >= 4 is 40.4 Å². The van der Waals surface area contributed by atoms with E-state index in [9.17, 15) is 0 Å². The molecular weight excluding hydrogens is 539 g/mol. The third-order valence-electron chi connectivity index (χ3n) is 9.98. The molecule has 1 aliphatic heterocycles. The molecule has 0 atom stereocenters. The van der Waals surface area contributed by atoms with Gasteiger partial charge in [-0.25, -0.2) is 9.97 Å². The second-order valence-electron chi connectivity index (χ2n) is 13.0. The first-order valence-electron chi connectivity index (χ1n) is 15.1. The van der Waals surface area contributed by atoms with Crippen molar-refractivity contribution in [2.75, 3.05) is 0 Å². The van der Waals surface area contributed by atoms with E-state index < -0.39 is 8.07 Å². The van der Waals surface area contributed by atoms with Crippen molar-refractivity contribution in [1.29, 1.82) is 0 Å². The average Bonchev–Trinajstić information content (AvgIpc) is 3.58. The molecule has 0 radical (unpaired) electrons. The Morgan fingerprint density at radius 3 is 2.14 bits per heavy atom. The topological polar surface area (TPSA) is 30.7 Å². The average molecular weight is 570 g/mol. The van der Waals surface area contributed by atoms with Crippen molar-refractivity contribution in [2.45, 2.75) is 32.4 Å².